The molecule has 22 heavy (non-hydrogen) atoms. The van der Waals surface area contributed by atoms with Gasteiger partial charge in [0.15, 0.2) is 5.41 Å². The molecule has 3 atom stereocenters. The zero-order valence-corrected chi connectivity index (χ0v) is 12.1. The molecule has 1 aliphatic rings. The Morgan fingerprint density at radius 2 is 2.18 bits per heavy atom. The highest BCUT2D eigenvalue weighted by molar-refractivity contribution is 5.77. The fraction of sp³-hybridized carbons (Fsp3) is 0.692. The van der Waals surface area contributed by atoms with Crippen LogP contribution in [0.2, 0.25) is 0 Å². The van der Waals surface area contributed by atoms with Crippen molar-refractivity contribution in [1.82, 2.24) is 15.1 Å². The molecule has 2 heterocycles. The van der Waals surface area contributed by atoms with Crippen LogP contribution in [-0.4, -0.2) is 45.2 Å². The number of carboxylic acid groups (broad SMARTS) is 1. The number of carbonyl (C=O) groups is 1. The highest BCUT2D eigenvalue weighted by Gasteiger charge is 2.68. The molecule has 1 aromatic heterocycles. The first-order valence-electron chi connectivity index (χ1n) is 6.85. The molecule has 0 aromatic carbocycles. The number of alkyl halides is 3. The van der Waals surface area contributed by atoms with Crippen LogP contribution in [0.5, 0.6) is 0 Å². The van der Waals surface area contributed by atoms with E-state index in [0.717, 1.165) is 0 Å². The van der Waals surface area contributed by atoms with Gasteiger partial charge in [-0.15, -0.1) is 0 Å². The monoisotopic (exact) mass is 321 g/mol. The second kappa shape index (κ2) is 5.54. The number of nitrogens with zero attached hydrogens (tertiary/aromatic N) is 2. The maximum Gasteiger partial charge on any atom is 0.406 e. The summed E-state index contributed by atoms with van der Waals surface area (Å²) in [4.78, 5) is 11.4. The van der Waals surface area contributed by atoms with E-state index in [1.165, 1.54) is 16.9 Å². The molecule has 3 N–H and O–H groups in total. The van der Waals surface area contributed by atoms with Crippen molar-refractivity contribution in [2.75, 3.05) is 13.1 Å². The maximum atomic E-state index is 13.4. The van der Waals surface area contributed by atoms with Gasteiger partial charge in [0.25, 0.3) is 0 Å². The van der Waals surface area contributed by atoms with Crippen molar-refractivity contribution in [3.05, 3.63) is 18.0 Å². The Balaban J connectivity index is 2.45. The van der Waals surface area contributed by atoms with Crippen molar-refractivity contribution in [2.24, 2.45) is 11.3 Å². The molecule has 0 spiro atoms. The zero-order valence-electron chi connectivity index (χ0n) is 12.1. The summed E-state index contributed by atoms with van der Waals surface area (Å²) < 4.78 is 41.7. The average molecular weight is 321 g/mol. The van der Waals surface area contributed by atoms with Crippen LogP contribution in [0.25, 0.3) is 0 Å². The lowest BCUT2D eigenvalue weighted by molar-refractivity contribution is -0.244. The van der Waals surface area contributed by atoms with Crippen molar-refractivity contribution >= 4 is 5.97 Å². The minimum atomic E-state index is -4.98. The van der Waals surface area contributed by atoms with Crippen LogP contribution in [-0.2, 0) is 4.79 Å². The summed E-state index contributed by atoms with van der Waals surface area (Å²) in [6, 6.07) is 1.24. The first kappa shape index (κ1) is 16.8. The number of carboxylic acids is 1. The SMILES string of the molecule is CC(C)n1nccc1[C@H](O)[C@H]1CNC[C@@]1(C(=O)O)C(F)(F)F. The van der Waals surface area contributed by atoms with Crippen molar-refractivity contribution in [1.29, 1.82) is 0 Å². The molecular weight excluding hydrogens is 303 g/mol. The molecule has 124 valence electrons. The number of hydrogen-bond acceptors (Lipinski definition) is 4. The van der Waals surface area contributed by atoms with Crippen molar-refractivity contribution < 1.29 is 28.2 Å². The van der Waals surface area contributed by atoms with Crippen molar-refractivity contribution in [3.63, 3.8) is 0 Å². The molecule has 2 rings (SSSR count). The fourth-order valence-corrected chi connectivity index (χ4v) is 2.97. The van der Waals surface area contributed by atoms with E-state index >= 15 is 0 Å². The Kier molecular flexibility index (Phi) is 4.22. The summed E-state index contributed by atoms with van der Waals surface area (Å²) >= 11 is 0. The second-order valence-electron chi connectivity index (χ2n) is 5.75. The highest BCUT2D eigenvalue weighted by atomic mass is 19.4. The van der Waals surface area contributed by atoms with Gasteiger partial charge in [-0.1, -0.05) is 0 Å². The summed E-state index contributed by atoms with van der Waals surface area (Å²) in [6.45, 7) is 2.54. The van der Waals surface area contributed by atoms with Gasteiger partial charge >= 0.3 is 12.1 Å². The van der Waals surface area contributed by atoms with E-state index < -0.39 is 36.1 Å². The third kappa shape index (κ3) is 2.38. The lowest BCUT2D eigenvalue weighted by atomic mass is 9.73. The molecular formula is C13H18F3N3O3. The van der Waals surface area contributed by atoms with E-state index in [-0.39, 0.29) is 18.3 Å². The van der Waals surface area contributed by atoms with Crippen LogP contribution in [0.4, 0.5) is 13.2 Å². The quantitative estimate of drug-likeness (QED) is 0.779. The number of rotatable bonds is 4. The van der Waals surface area contributed by atoms with Crippen LogP contribution in [0.3, 0.4) is 0 Å². The maximum absolute atomic E-state index is 13.4. The molecule has 0 bridgehead atoms. The van der Waals surface area contributed by atoms with Gasteiger partial charge in [-0.2, -0.15) is 18.3 Å². The molecule has 0 aliphatic carbocycles. The van der Waals surface area contributed by atoms with Gasteiger partial charge in [0.2, 0.25) is 0 Å². The minimum Gasteiger partial charge on any atom is -0.481 e. The summed E-state index contributed by atoms with van der Waals surface area (Å²) in [6.07, 6.45) is -5.19. The van der Waals surface area contributed by atoms with Crippen LogP contribution in [0.15, 0.2) is 12.3 Å². The zero-order chi connectivity index (χ0) is 16.7. The average Bonchev–Trinajstić information content (AvgIpc) is 3.04. The Morgan fingerprint density at radius 3 is 2.68 bits per heavy atom. The highest BCUT2D eigenvalue weighted by Crippen LogP contribution is 2.50. The third-order valence-electron chi connectivity index (χ3n) is 4.16. The summed E-state index contributed by atoms with van der Waals surface area (Å²) in [7, 11) is 0. The van der Waals surface area contributed by atoms with E-state index in [0.29, 0.717) is 0 Å². The van der Waals surface area contributed by atoms with Gasteiger partial charge in [-0.3, -0.25) is 9.48 Å². The molecule has 9 heteroatoms. The van der Waals surface area contributed by atoms with Crippen molar-refractivity contribution in [3.8, 4) is 0 Å². The van der Waals surface area contributed by atoms with E-state index in [4.69, 9.17) is 0 Å². The van der Waals surface area contributed by atoms with Gasteiger partial charge in [0.1, 0.15) is 6.10 Å². The number of aromatic nitrogens is 2. The number of aliphatic hydroxyl groups is 1. The van der Waals surface area contributed by atoms with Crippen molar-refractivity contribution in [2.45, 2.75) is 32.2 Å². The standard InChI is InChI=1S/C13H18F3N3O3/c1-7(2)19-9(3-4-18-19)10(20)8-5-17-6-12(8,11(21)22)13(14,15)16/h3-4,7-8,10,17,20H,5-6H2,1-2H3,(H,21,22)/t8-,10-,12-/m1/s1. The van der Waals surface area contributed by atoms with Crippen LogP contribution in [0, 0.1) is 11.3 Å². The van der Waals surface area contributed by atoms with Gasteiger partial charge in [0.05, 0.1) is 5.69 Å². The Hall–Kier alpha value is -1.61. The molecule has 0 unspecified atom stereocenters. The summed E-state index contributed by atoms with van der Waals surface area (Å²) in [5, 5.41) is 26.0. The topological polar surface area (TPSA) is 87.4 Å². The van der Waals surface area contributed by atoms with E-state index in [1.807, 2.05) is 0 Å². The van der Waals surface area contributed by atoms with Gasteiger partial charge < -0.3 is 15.5 Å². The Labute approximate surface area is 124 Å². The van der Waals surface area contributed by atoms with Crippen LogP contribution < -0.4 is 5.32 Å². The largest absolute Gasteiger partial charge is 0.481 e. The first-order valence-corrected chi connectivity index (χ1v) is 6.85. The second-order valence-corrected chi connectivity index (χ2v) is 5.75. The van der Waals surface area contributed by atoms with Gasteiger partial charge in [-0.25, -0.2) is 0 Å². The van der Waals surface area contributed by atoms with Crippen LogP contribution in [0.1, 0.15) is 31.7 Å². The molecule has 0 saturated carbocycles. The lowest BCUT2D eigenvalue weighted by Gasteiger charge is -2.35. The number of aliphatic carboxylic acids is 1. The van der Waals surface area contributed by atoms with E-state index in [2.05, 4.69) is 10.4 Å². The number of hydrogen-bond donors (Lipinski definition) is 3. The van der Waals surface area contributed by atoms with Crippen LogP contribution >= 0.6 is 0 Å². The Bertz CT molecular complexity index is 558. The van der Waals surface area contributed by atoms with E-state index in [1.54, 1.807) is 13.8 Å². The molecule has 0 radical (unpaired) electrons. The molecule has 1 aromatic rings. The number of aliphatic hydroxyl groups excluding tert-OH is 1. The molecule has 1 fully saturated rings. The minimum absolute atomic E-state index is 0.167. The van der Waals surface area contributed by atoms with Gasteiger partial charge in [0, 0.05) is 31.2 Å². The Morgan fingerprint density at radius 1 is 1.55 bits per heavy atom. The molecule has 1 aliphatic heterocycles. The predicted molar refractivity (Wildman–Crippen MR) is 70.1 cm³/mol. The number of nitrogens with one attached hydrogen (secondary N) is 1. The summed E-state index contributed by atoms with van der Waals surface area (Å²) in [5.74, 6) is -3.51. The molecule has 6 nitrogen and oxygen atoms in total. The fourth-order valence-electron chi connectivity index (χ4n) is 2.97. The normalized spacial score (nSPS) is 27.3. The lowest BCUT2D eigenvalue weighted by Crippen LogP contribution is -2.52. The molecule has 0 amide bonds. The first-order chi connectivity index (χ1) is 10.1. The van der Waals surface area contributed by atoms with Gasteiger partial charge in [-0.05, 0) is 19.9 Å². The summed E-state index contributed by atoms with van der Waals surface area (Å²) in [5.41, 5.74) is -2.84. The third-order valence-corrected chi connectivity index (χ3v) is 4.16. The number of halogens is 3. The van der Waals surface area contributed by atoms with E-state index in [9.17, 15) is 28.2 Å². The molecule has 1 saturated heterocycles. The smallest absolute Gasteiger partial charge is 0.406 e. The predicted octanol–water partition coefficient (Wildman–Crippen LogP) is 1.35.